The lowest BCUT2D eigenvalue weighted by Gasteiger charge is -2.08. The van der Waals surface area contributed by atoms with Crippen molar-refractivity contribution < 1.29 is 13.9 Å². The number of esters is 1. The molecule has 0 fully saturated rings. The number of fused-ring (bicyclic) bond motifs is 1. The molecule has 2 heterocycles. The van der Waals surface area contributed by atoms with Gasteiger partial charge in [0.1, 0.15) is 11.3 Å². The van der Waals surface area contributed by atoms with Crippen LogP contribution in [0.4, 0.5) is 4.39 Å². The third kappa shape index (κ3) is 3.00. The quantitative estimate of drug-likeness (QED) is 0.531. The minimum atomic E-state index is -0.484. The Balaban J connectivity index is 2.17. The molecule has 0 spiro atoms. The van der Waals surface area contributed by atoms with Crippen LogP contribution < -0.4 is 0 Å². The number of pyridine rings is 2. The van der Waals surface area contributed by atoms with E-state index < -0.39 is 5.97 Å². The smallest absolute Gasteiger partial charge is 0.340 e. The fraction of sp³-hybridized carbons (Fsp3) is 0.118. The molecule has 0 bridgehead atoms. The van der Waals surface area contributed by atoms with Gasteiger partial charge in [0.15, 0.2) is 5.15 Å². The fourth-order valence-corrected chi connectivity index (χ4v) is 2.46. The van der Waals surface area contributed by atoms with Crippen LogP contribution in [0.25, 0.3) is 22.2 Å². The highest BCUT2D eigenvalue weighted by atomic mass is 35.5. The Labute approximate surface area is 136 Å². The van der Waals surface area contributed by atoms with E-state index in [-0.39, 0.29) is 17.6 Å². The van der Waals surface area contributed by atoms with Gasteiger partial charge in [-0.15, -0.1) is 0 Å². The number of carbonyl (C=O) groups is 1. The Bertz CT molecular complexity index is 899. The monoisotopic (exact) mass is 330 g/mol. The number of nitrogens with zero attached hydrogens (tertiary/aromatic N) is 2. The van der Waals surface area contributed by atoms with Crippen molar-refractivity contribution in [3.63, 3.8) is 0 Å². The Morgan fingerprint density at radius 3 is 2.87 bits per heavy atom. The average Bonchev–Trinajstić information content (AvgIpc) is 2.55. The lowest BCUT2D eigenvalue weighted by atomic mass is 10.1. The highest BCUT2D eigenvalue weighted by Gasteiger charge is 2.15. The molecule has 2 aromatic heterocycles. The zero-order valence-electron chi connectivity index (χ0n) is 12.2. The zero-order chi connectivity index (χ0) is 16.4. The van der Waals surface area contributed by atoms with Crippen molar-refractivity contribution in [1.82, 2.24) is 9.97 Å². The lowest BCUT2D eigenvalue weighted by Crippen LogP contribution is -2.06. The van der Waals surface area contributed by atoms with Gasteiger partial charge in [-0.05, 0) is 31.2 Å². The normalized spacial score (nSPS) is 10.7. The standard InChI is InChI=1S/C17H12ClFN2O2/c1-2-23-17(22)13-9-20-16(18)15-12(13)6-7-14(21-15)10-4-3-5-11(19)8-10/h3-9H,2H2,1H3. The summed E-state index contributed by atoms with van der Waals surface area (Å²) in [5, 5.41) is 0.718. The van der Waals surface area contributed by atoms with Crippen molar-refractivity contribution in [2.45, 2.75) is 6.92 Å². The lowest BCUT2D eigenvalue weighted by molar-refractivity contribution is 0.0528. The maximum atomic E-state index is 13.4. The molecule has 0 aliphatic heterocycles. The molecule has 0 N–H and O–H groups in total. The number of halogens is 2. The highest BCUT2D eigenvalue weighted by Crippen LogP contribution is 2.27. The van der Waals surface area contributed by atoms with Gasteiger partial charge in [-0.25, -0.2) is 19.2 Å². The van der Waals surface area contributed by atoms with Gasteiger partial charge in [0, 0.05) is 17.1 Å². The van der Waals surface area contributed by atoms with Crippen LogP contribution in [-0.4, -0.2) is 22.5 Å². The second kappa shape index (κ2) is 6.30. The minimum Gasteiger partial charge on any atom is -0.462 e. The van der Waals surface area contributed by atoms with Gasteiger partial charge in [-0.3, -0.25) is 0 Å². The number of rotatable bonds is 3. The predicted molar refractivity (Wildman–Crippen MR) is 85.9 cm³/mol. The van der Waals surface area contributed by atoms with Gasteiger partial charge in [0.05, 0.1) is 17.9 Å². The number of hydrogen-bond acceptors (Lipinski definition) is 4. The molecule has 0 aliphatic rings. The molecule has 0 saturated carbocycles. The van der Waals surface area contributed by atoms with Gasteiger partial charge >= 0.3 is 5.97 Å². The molecule has 0 atom stereocenters. The highest BCUT2D eigenvalue weighted by molar-refractivity contribution is 6.34. The SMILES string of the molecule is CCOC(=O)c1cnc(Cl)c2nc(-c3cccc(F)c3)ccc12. The molecule has 3 rings (SSSR count). The van der Waals surface area contributed by atoms with E-state index in [1.165, 1.54) is 18.3 Å². The van der Waals surface area contributed by atoms with Crippen LogP contribution in [0.5, 0.6) is 0 Å². The molecule has 0 amide bonds. The van der Waals surface area contributed by atoms with E-state index in [1.54, 1.807) is 31.2 Å². The van der Waals surface area contributed by atoms with Crippen LogP contribution in [-0.2, 0) is 4.74 Å². The van der Waals surface area contributed by atoms with E-state index in [2.05, 4.69) is 9.97 Å². The molecule has 6 heteroatoms. The summed E-state index contributed by atoms with van der Waals surface area (Å²) in [5.41, 5.74) is 1.83. The van der Waals surface area contributed by atoms with Crippen molar-refractivity contribution in [1.29, 1.82) is 0 Å². The summed E-state index contributed by atoms with van der Waals surface area (Å²) >= 11 is 6.10. The molecule has 1 aromatic carbocycles. The largest absolute Gasteiger partial charge is 0.462 e. The van der Waals surface area contributed by atoms with Crippen LogP contribution >= 0.6 is 11.6 Å². The summed E-state index contributed by atoms with van der Waals surface area (Å²) in [7, 11) is 0. The summed E-state index contributed by atoms with van der Waals surface area (Å²) in [6, 6.07) is 9.50. The second-order valence-corrected chi connectivity index (χ2v) is 5.14. The van der Waals surface area contributed by atoms with E-state index in [0.717, 1.165) is 0 Å². The van der Waals surface area contributed by atoms with Crippen molar-refractivity contribution in [3.8, 4) is 11.3 Å². The van der Waals surface area contributed by atoms with Gasteiger partial charge < -0.3 is 4.74 Å². The number of hydrogen-bond donors (Lipinski definition) is 0. The van der Waals surface area contributed by atoms with E-state index in [0.29, 0.717) is 27.7 Å². The molecule has 3 aromatic rings. The second-order valence-electron chi connectivity index (χ2n) is 4.79. The van der Waals surface area contributed by atoms with Gasteiger partial charge in [-0.2, -0.15) is 0 Å². The first kappa shape index (κ1) is 15.4. The van der Waals surface area contributed by atoms with Gasteiger partial charge in [-0.1, -0.05) is 23.7 Å². The minimum absolute atomic E-state index is 0.173. The predicted octanol–water partition coefficient (Wildman–Crippen LogP) is 4.27. The third-order valence-corrected chi connectivity index (χ3v) is 3.58. The number of carbonyl (C=O) groups excluding carboxylic acids is 1. The van der Waals surface area contributed by atoms with Crippen LogP contribution in [0.2, 0.25) is 5.15 Å². The summed E-state index contributed by atoms with van der Waals surface area (Å²) in [6.07, 6.45) is 1.37. The molecule has 0 unspecified atom stereocenters. The summed E-state index contributed by atoms with van der Waals surface area (Å²) < 4.78 is 18.4. The maximum Gasteiger partial charge on any atom is 0.340 e. The molecule has 0 radical (unpaired) electrons. The molecule has 23 heavy (non-hydrogen) atoms. The van der Waals surface area contributed by atoms with Crippen LogP contribution in [0.15, 0.2) is 42.6 Å². The van der Waals surface area contributed by atoms with E-state index in [9.17, 15) is 9.18 Å². The number of benzene rings is 1. The van der Waals surface area contributed by atoms with Crippen molar-refractivity contribution in [3.05, 3.63) is 59.1 Å². The topological polar surface area (TPSA) is 52.1 Å². The van der Waals surface area contributed by atoms with Crippen LogP contribution in [0.3, 0.4) is 0 Å². The zero-order valence-corrected chi connectivity index (χ0v) is 13.0. The summed E-state index contributed by atoms with van der Waals surface area (Å²) in [6.45, 7) is 1.99. The van der Waals surface area contributed by atoms with Crippen LogP contribution in [0.1, 0.15) is 17.3 Å². The fourth-order valence-electron chi connectivity index (χ4n) is 2.27. The summed E-state index contributed by atoms with van der Waals surface area (Å²) in [4.78, 5) is 20.4. The summed E-state index contributed by atoms with van der Waals surface area (Å²) in [5.74, 6) is -0.837. The molecule has 0 aliphatic carbocycles. The third-order valence-electron chi connectivity index (χ3n) is 3.30. The molecule has 4 nitrogen and oxygen atoms in total. The van der Waals surface area contributed by atoms with E-state index in [4.69, 9.17) is 16.3 Å². The van der Waals surface area contributed by atoms with Crippen LogP contribution in [0, 0.1) is 5.82 Å². The molecule has 0 saturated heterocycles. The Morgan fingerprint density at radius 1 is 1.30 bits per heavy atom. The maximum absolute atomic E-state index is 13.4. The van der Waals surface area contributed by atoms with Crippen molar-refractivity contribution >= 4 is 28.5 Å². The van der Waals surface area contributed by atoms with E-state index in [1.807, 2.05) is 0 Å². The number of aromatic nitrogens is 2. The molecular weight excluding hydrogens is 319 g/mol. The molecule has 116 valence electrons. The Kier molecular flexibility index (Phi) is 4.21. The van der Waals surface area contributed by atoms with Gasteiger partial charge in [0.25, 0.3) is 0 Å². The van der Waals surface area contributed by atoms with Gasteiger partial charge in [0.2, 0.25) is 0 Å². The van der Waals surface area contributed by atoms with Crippen molar-refractivity contribution in [2.75, 3.05) is 6.61 Å². The average molecular weight is 331 g/mol. The van der Waals surface area contributed by atoms with E-state index >= 15 is 0 Å². The molecular formula is C17H12ClFN2O2. The Hall–Kier alpha value is -2.53. The number of ether oxygens (including phenoxy) is 1. The Morgan fingerprint density at radius 2 is 2.13 bits per heavy atom. The first-order chi connectivity index (χ1) is 11.1. The first-order valence-corrected chi connectivity index (χ1v) is 7.36. The first-order valence-electron chi connectivity index (χ1n) is 6.98. The van der Waals surface area contributed by atoms with Crippen molar-refractivity contribution in [2.24, 2.45) is 0 Å².